The lowest BCUT2D eigenvalue weighted by atomic mass is 10.1. The number of nitrogens with zero attached hydrogens (tertiary/aromatic N) is 2. The van der Waals surface area contributed by atoms with Gasteiger partial charge in [0.2, 0.25) is 0 Å². The normalized spacial score (nSPS) is 14.2. The Morgan fingerprint density at radius 2 is 1.79 bits per heavy atom. The maximum atomic E-state index is 11.3. The minimum atomic E-state index is -0.0316. The molecule has 1 amide bonds. The maximum Gasteiger partial charge on any atom is 0.259 e. The first-order valence-corrected chi connectivity index (χ1v) is 12.3. The van der Waals surface area contributed by atoms with E-state index in [9.17, 15) is 4.79 Å². The molecular formula is C26H37Cl2N3O3. The van der Waals surface area contributed by atoms with E-state index in [1.165, 1.54) is 4.90 Å². The number of halogens is 2. The fourth-order valence-corrected chi connectivity index (χ4v) is 3.68. The lowest BCUT2D eigenvalue weighted by molar-refractivity contribution is -0.130. The average Bonchev–Trinajstić information content (AvgIpc) is 2.81. The van der Waals surface area contributed by atoms with Gasteiger partial charge in [0.25, 0.3) is 5.91 Å². The van der Waals surface area contributed by atoms with Crippen LogP contribution in [0.4, 0.5) is 0 Å². The van der Waals surface area contributed by atoms with Crippen molar-refractivity contribution in [3.63, 3.8) is 0 Å². The van der Waals surface area contributed by atoms with Crippen LogP contribution in [0.5, 0.6) is 11.5 Å². The Kier molecular flexibility index (Phi) is 12.0. The standard InChI is InChI=1S/C14H20Cl2N2O.C12H17NO2/c1-17-6-9-18-7-4-11(5-8-18)19-12-2-3-13(15)14(16)10-12;1-9-5-6-10(2)11(7-9)15-8-12(14)13(3)4/h2-3,10-11,17H,4-9H2,1H3;5-7H,8H2,1-4H3. The average molecular weight is 511 g/mol. The smallest absolute Gasteiger partial charge is 0.259 e. The molecule has 34 heavy (non-hydrogen) atoms. The number of likely N-dealkylation sites (tertiary alicyclic amines) is 1. The first-order chi connectivity index (χ1) is 16.2. The third kappa shape index (κ3) is 9.71. The summed E-state index contributed by atoms with van der Waals surface area (Å²) in [6.07, 6.45) is 2.40. The van der Waals surface area contributed by atoms with Crippen molar-refractivity contribution in [3.05, 3.63) is 57.6 Å². The van der Waals surface area contributed by atoms with Gasteiger partial charge in [0.15, 0.2) is 6.61 Å². The van der Waals surface area contributed by atoms with Crippen LogP contribution in [-0.4, -0.2) is 75.7 Å². The number of piperidine rings is 1. The quantitative estimate of drug-likeness (QED) is 0.552. The van der Waals surface area contributed by atoms with E-state index >= 15 is 0 Å². The van der Waals surface area contributed by atoms with Gasteiger partial charge in [-0.15, -0.1) is 0 Å². The van der Waals surface area contributed by atoms with Crippen LogP contribution in [0.3, 0.4) is 0 Å². The predicted octanol–water partition coefficient (Wildman–Crippen LogP) is 4.83. The van der Waals surface area contributed by atoms with E-state index in [1.807, 2.05) is 45.2 Å². The number of hydrogen-bond acceptors (Lipinski definition) is 5. The largest absolute Gasteiger partial charge is 0.490 e. The fourth-order valence-electron chi connectivity index (χ4n) is 3.39. The predicted molar refractivity (Wildman–Crippen MR) is 141 cm³/mol. The first kappa shape index (κ1) is 28.2. The number of nitrogens with one attached hydrogen (secondary N) is 1. The number of amides is 1. The van der Waals surface area contributed by atoms with Gasteiger partial charge in [-0.05, 0) is 63.1 Å². The monoisotopic (exact) mass is 509 g/mol. The summed E-state index contributed by atoms with van der Waals surface area (Å²) in [7, 11) is 5.42. The summed E-state index contributed by atoms with van der Waals surface area (Å²) in [6, 6.07) is 11.4. The molecule has 1 heterocycles. The van der Waals surface area contributed by atoms with E-state index in [0.717, 1.165) is 61.6 Å². The molecule has 1 saturated heterocycles. The first-order valence-electron chi connectivity index (χ1n) is 11.6. The SMILES string of the molecule is CNCCN1CCC(Oc2ccc(Cl)c(Cl)c2)CC1.Cc1ccc(C)c(OCC(=O)N(C)C)c1. The highest BCUT2D eigenvalue weighted by molar-refractivity contribution is 6.42. The van der Waals surface area contributed by atoms with E-state index in [0.29, 0.717) is 10.0 Å². The molecule has 1 aliphatic rings. The molecule has 6 nitrogen and oxygen atoms in total. The maximum absolute atomic E-state index is 11.3. The zero-order valence-corrected chi connectivity index (χ0v) is 22.4. The zero-order valence-electron chi connectivity index (χ0n) is 20.9. The number of benzene rings is 2. The zero-order chi connectivity index (χ0) is 25.1. The number of hydrogen-bond donors (Lipinski definition) is 1. The van der Waals surface area contributed by atoms with Crippen molar-refractivity contribution >= 4 is 29.1 Å². The van der Waals surface area contributed by atoms with Gasteiger partial charge in [-0.25, -0.2) is 0 Å². The van der Waals surface area contributed by atoms with Gasteiger partial charge >= 0.3 is 0 Å². The summed E-state index contributed by atoms with van der Waals surface area (Å²) in [5, 5.41) is 4.29. The Bertz CT molecular complexity index is 916. The van der Waals surface area contributed by atoms with Gasteiger partial charge in [0, 0.05) is 46.3 Å². The van der Waals surface area contributed by atoms with E-state index in [4.69, 9.17) is 32.7 Å². The summed E-state index contributed by atoms with van der Waals surface area (Å²) >= 11 is 11.9. The second-order valence-corrected chi connectivity index (χ2v) is 9.50. The summed E-state index contributed by atoms with van der Waals surface area (Å²) in [4.78, 5) is 15.3. The summed E-state index contributed by atoms with van der Waals surface area (Å²) in [5.74, 6) is 1.56. The molecule has 0 radical (unpaired) electrons. The fraction of sp³-hybridized carbons (Fsp3) is 0.500. The number of rotatable bonds is 8. The van der Waals surface area contributed by atoms with E-state index in [2.05, 4.69) is 10.2 Å². The molecule has 2 aromatic carbocycles. The van der Waals surface area contributed by atoms with Crippen molar-refractivity contribution < 1.29 is 14.3 Å². The Labute approximate surface area is 214 Å². The van der Waals surface area contributed by atoms with Crippen molar-refractivity contribution in [1.82, 2.24) is 15.1 Å². The van der Waals surface area contributed by atoms with E-state index in [-0.39, 0.29) is 18.6 Å². The topological polar surface area (TPSA) is 54.0 Å². The van der Waals surface area contributed by atoms with Gasteiger partial charge in [-0.1, -0.05) is 35.3 Å². The van der Waals surface area contributed by atoms with Crippen LogP contribution in [0.2, 0.25) is 10.0 Å². The highest BCUT2D eigenvalue weighted by atomic mass is 35.5. The molecular weight excluding hydrogens is 473 g/mol. The van der Waals surface area contributed by atoms with Crippen molar-refractivity contribution in [2.75, 3.05) is 53.9 Å². The molecule has 3 rings (SSSR count). The van der Waals surface area contributed by atoms with Crippen LogP contribution in [0.1, 0.15) is 24.0 Å². The molecule has 0 atom stereocenters. The minimum Gasteiger partial charge on any atom is -0.490 e. The van der Waals surface area contributed by atoms with Crippen molar-refractivity contribution in [1.29, 1.82) is 0 Å². The lowest BCUT2D eigenvalue weighted by Gasteiger charge is -2.32. The Morgan fingerprint density at radius 3 is 2.41 bits per heavy atom. The Morgan fingerprint density at radius 1 is 1.09 bits per heavy atom. The number of carbonyl (C=O) groups excluding carboxylic acids is 1. The molecule has 1 N–H and O–H groups in total. The minimum absolute atomic E-state index is 0.0316. The van der Waals surface area contributed by atoms with Crippen molar-refractivity contribution in [3.8, 4) is 11.5 Å². The third-order valence-electron chi connectivity index (χ3n) is 5.60. The molecule has 0 aliphatic carbocycles. The highest BCUT2D eigenvalue weighted by Gasteiger charge is 2.20. The Balaban J connectivity index is 0.000000248. The lowest BCUT2D eigenvalue weighted by Crippen LogP contribution is -2.40. The number of ether oxygens (including phenoxy) is 2. The van der Waals surface area contributed by atoms with Crippen molar-refractivity contribution in [2.24, 2.45) is 0 Å². The van der Waals surface area contributed by atoms with E-state index in [1.54, 1.807) is 26.2 Å². The molecule has 1 aliphatic heterocycles. The summed E-state index contributed by atoms with van der Waals surface area (Å²) < 4.78 is 11.4. The molecule has 188 valence electrons. The van der Waals surface area contributed by atoms with Gasteiger partial charge in [-0.3, -0.25) is 4.79 Å². The summed E-state index contributed by atoms with van der Waals surface area (Å²) in [5.41, 5.74) is 2.18. The molecule has 8 heteroatoms. The number of aryl methyl sites for hydroxylation is 2. The van der Waals surface area contributed by atoms with Gasteiger partial charge in [-0.2, -0.15) is 0 Å². The van der Waals surface area contributed by atoms with Crippen LogP contribution >= 0.6 is 23.2 Å². The van der Waals surface area contributed by atoms with Gasteiger partial charge in [0.1, 0.15) is 17.6 Å². The molecule has 0 unspecified atom stereocenters. The van der Waals surface area contributed by atoms with Gasteiger partial charge in [0.05, 0.1) is 10.0 Å². The second kappa shape index (κ2) is 14.4. The van der Waals surface area contributed by atoms with Gasteiger partial charge < -0.3 is 24.6 Å². The summed E-state index contributed by atoms with van der Waals surface area (Å²) in [6.45, 7) is 8.39. The Hall–Kier alpha value is -1.99. The molecule has 0 aromatic heterocycles. The number of likely N-dealkylation sites (N-methyl/N-ethyl adjacent to an activating group) is 2. The second-order valence-electron chi connectivity index (χ2n) is 8.68. The molecule has 0 saturated carbocycles. The third-order valence-corrected chi connectivity index (χ3v) is 6.34. The number of carbonyl (C=O) groups is 1. The van der Waals surface area contributed by atoms with Crippen LogP contribution in [0.25, 0.3) is 0 Å². The highest BCUT2D eigenvalue weighted by Crippen LogP contribution is 2.28. The van der Waals surface area contributed by atoms with Crippen LogP contribution in [0, 0.1) is 13.8 Å². The molecule has 0 bridgehead atoms. The molecule has 2 aromatic rings. The molecule has 0 spiro atoms. The van der Waals surface area contributed by atoms with Crippen LogP contribution in [0.15, 0.2) is 36.4 Å². The van der Waals surface area contributed by atoms with E-state index < -0.39 is 0 Å². The van der Waals surface area contributed by atoms with Crippen molar-refractivity contribution in [2.45, 2.75) is 32.8 Å². The molecule has 1 fully saturated rings. The van der Waals surface area contributed by atoms with Crippen LogP contribution in [-0.2, 0) is 4.79 Å². The van der Waals surface area contributed by atoms with Crippen LogP contribution < -0.4 is 14.8 Å².